The molecule has 3 heterocycles. The summed E-state index contributed by atoms with van der Waals surface area (Å²) < 4.78 is 10.9. The number of Topliss-reactive ketones (excluding diaryl/α,β-unsaturated/α-hetero) is 1. The van der Waals surface area contributed by atoms with Crippen LogP contribution in [0, 0.1) is 6.92 Å². The van der Waals surface area contributed by atoms with Gasteiger partial charge in [0.2, 0.25) is 0 Å². The molecule has 0 bridgehead atoms. The number of nitrogens with one attached hydrogen (secondary N) is 1. The number of ether oxygens (including phenoxy) is 1. The molecule has 1 atom stereocenters. The Hall–Kier alpha value is -2.90. The van der Waals surface area contributed by atoms with Crippen molar-refractivity contribution in [1.29, 1.82) is 0 Å². The number of aryl methyl sites for hydroxylation is 1. The lowest BCUT2D eigenvalue weighted by molar-refractivity contribution is -0.907. The number of benzene rings is 1. The van der Waals surface area contributed by atoms with Gasteiger partial charge in [0.25, 0.3) is 11.7 Å². The second-order valence-electron chi connectivity index (χ2n) is 7.49. The maximum Gasteiger partial charge on any atom is 0.295 e. The first-order valence-electron chi connectivity index (χ1n) is 9.86. The van der Waals surface area contributed by atoms with E-state index in [4.69, 9.17) is 9.15 Å². The van der Waals surface area contributed by atoms with Crippen LogP contribution in [0.4, 0.5) is 0 Å². The normalized spacial score (nSPS) is 22.4. The molecule has 2 aliphatic heterocycles. The standard InChI is InChI=1S/C22H24N2O5/c1-15-4-6-16(7-5-15)20(25)18-19(17-3-2-12-29-17)24(22(27)21(18)26)9-8-23-10-13-28-14-11-23/h2-7,12,19,25H,8-11,13-14H2,1H3/p+1/t19-/m0/s1. The van der Waals surface area contributed by atoms with Crippen molar-refractivity contribution in [3.63, 3.8) is 0 Å². The maximum absolute atomic E-state index is 12.9. The van der Waals surface area contributed by atoms with Gasteiger partial charge < -0.3 is 24.1 Å². The molecule has 2 N–H and O–H groups in total. The van der Waals surface area contributed by atoms with Crippen LogP contribution >= 0.6 is 0 Å². The number of aliphatic hydroxyl groups is 1. The quantitative estimate of drug-likeness (QED) is 0.445. The second-order valence-corrected chi connectivity index (χ2v) is 7.49. The van der Waals surface area contributed by atoms with E-state index < -0.39 is 17.7 Å². The van der Waals surface area contributed by atoms with Crippen LogP contribution in [-0.2, 0) is 14.3 Å². The molecule has 1 aromatic heterocycles. The Morgan fingerprint density at radius 2 is 1.90 bits per heavy atom. The first-order chi connectivity index (χ1) is 14.1. The highest BCUT2D eigenvalue weighted by Gasteiger charge is 2.47. The number of ketones is 1. The van der Waals surface area contributed by atoms with Crippen LogP contribution in [0.3, 0.4) is 0 Å². The molecule has 7 heteroatoms. The number of likely N-dealkylation sites (tertiary alicyclic amines) is 1. The number of furan rings is 1. The van der Waals surface area contributed by atoms with Crippen molar-refractivity contribution in [3.05, 3.63) is 65.1 Å². The minimum absolute atomic E-state index is 0.0748. The summed E-state index contributed by atoms with van der Waals surface area (Å²) in [6.07, 6.45) is 1.51. The van der Waals surface area contributed by atoms with Crippen LogP contribution in [0.25, 0.3) is 5.76 Å². The monoisotopic (exact) mass is 397 g/mol. The molecule has 2 saturated heterocycles. The number of carbonyl (C=O) groups is 2. The fraction of sp³-hybridized carbons (Fsp3) is 0.364. The lowest BCUT2D eigenvalue weighted by Gasteiger charge is -2.28. The maximum atomic E-state index is 12.9. The van der Waals surface area contributed by atoms with Crippen LogP contribution in [0.1, 0.15) is 22.9 Å². The number of nitrogens with zero attached hydrogens (tertiary/aromatic N) is 1. The van der Waals surface area contributed by atoms with Crippen LogP contribution in [0.2, 0.25) is 0 Å². The Morgan fingerprint density at radius 1 is 1.17 bits per heavy atom. The van der Waals surface area contributed by atoms with Gasteiger partial charge in [-0.1, -0.05) is 29.8 Å². The van der Waals surface area contributed by atoms with Gasteiger partial charge in [-0.05, 0) is 19.1 Å². The van der Waals surface area contributed by atoms with Crippen molar-refractivity contribution in [2.45, 2.75) is 13.0 Å². The Morgan fingerprint density at radius 3 is 2.55 bits per heavy atom. The Kier molecular flexibility index (Phi) is 5.51. The highest BCUT2D eigenvalue weighted by molar-refractivity contribution is 6.46. The first kappa shape index (κ1) is 19.4. The van der Waals surface area contributed by atoms with E-state index in [1.54, 1.807) is 24.3 Å². The van der Waals surface area contributed by atoms with Crippen molar-refractivity contribution < 1.29 is 28.7 Å². The molecule has 1 amide bonds. The molecule has 2 aromatic rings. The average Bonchev–Trinajstić information content (AvgIpc) is 3.35. The minimum atomic E-state index is -0.730. The number of hydrogen-bond donors (Lipinski definition) is 2. The van der Waals surface area contributed by atoms with Gasteiger partial charge in [0.15, 0.2) is 0 Å². The molecular formula is C22H25N2O5+. The number of carbonyl (C=O) groups excluding carboxylic acids is 2. The van der Waals surface area contributed by atoms with Gasteiger partial charge in [-0.2, -0.15) is 0 Å². The molecule has 2 aliphatic rings. The van der Waals surface area contributed by atoms with E-state index >= 15 is 0 Å². The summed E-state index contributed by atoms with van der Waals surface area (Å²) in [5.74, 6) is -0.991. The van der Waals surface area contributed by atoms with E-state index in [0.717, 1.165) is 18.7 Å². The molecule has 4 rings (SSSR count). The molecule has 2 fully saturated rings. The number of morpholine rings is 1. The summed E-state index contributed by atoms with van der Waals surface area (Å²) in [7, 11) is 0. The van der Waals surface area contributed by atoms with E-state index in [1.165, 1.54) is 16.1 Å². The summed E-state index contributed by atoms with van der Waals surface area (Å²) in [4.78, 5) is 28.6. The molecule has 29 heavy (non-hydrogen) atoms. The van der Waals surface area contributed by atoms with Gasteiger partial charge in [0.1, 0.15) is 30.7 Å². The largest absolute Gasteiger partial charge is 0.507 e. The summed E-state index contributed by atoms with van der Waals surface area (Å²) in [6.45, 7) is 6.19. The molecule has 0 saturated carbocycles. The van der Waals surface area contributed by atoms with Crippen molar-refractivity contribution >= 4 is 17.4 Å². The summed E-state index contributed by atoms with van der Waals surface area (Å²) >= 11 is 0. The number of rotatable bonds is 5. The van der Waals surface area contributed by atoms with Crippen molar-refractivity contribution in [2.24, 2.45) is 0 Å². The molecule has 152 valence electrons. The summed E-state index contributed by atoms with van der Waals surface area (Å²) in [6, 6.07) is 9.92. The third kappa shape index (κ3) is 3.83. The lowest BCUT2D eigenvalue weighted by Crippen LogP contribution is -3.14. The van der Waals surface area contributed by atoms with E-state index in [1.807, 2.05) is 19.1 Å². The Balaban J connectivity index is 1.68. The highest BCUT2D eigenvalue weighted by Crippen LogP contribution is 2.39. The van der Waals surface area contributed by atoms with Gasteiger partial charge in [-0.3, -0.25) is 9.59 Å². The average molecular weight is 397 g/mol. The predicted molar refractivity (Wildman–Crippen MR) is 105 cm³/mol. The second kappa shape index (κ2) is 8.23. The molecule has 0 unspecified atom stereocenters. The molecule has 0 aliphatic carbocycles. The first-order valence-corrected chi connectivity index (χ1v) is 9.86. The zero-order valence-corrected chi connectivity index (χ0v) is 16.4. The predicted octanol–water partition coefficient (Wildman–Crippen LogP) is 0.925. The van der Waals surface area contributed by atoms with Gasteiger partial charge in [0, 0.05) is 5.56 Å². The van der Waals surface area contributed by atoms with E-state index in [0.29, 0.717) is 37.6 Å². The van der Waals surface area contributed by atoms with Crippen LogP contribution < -0.4 is 4.90 Å². The summed E-state index contributed by atoms with van der Waals surface area (Å²) in [5.41, 5.74) is 1.62. The van der Waals surface area contributed by atoms with Gasteiger partial charge in [-0.15, -0.1) is 0 Å². The lowest BCUT2D eigenvalue weighted by atomic mass is 9.99. The molecular weight excluding hydrogens is 372 g/mol. The number of quaternary nitrogens is 1. The van der Waals surface area contributed by atoms with Crippen LogP contribution in [0.5, 0.6) is 0 Å². The molecule has 1 aromatic carbocycles. The zero-order valence-electron chi connectivity index (χ0n) is 16.4. The number of aliphatic hydroxyl groups excluding tert-OH is 1. The van der Waals surface area contributed by atoms with Gasteiger partial charge in [-0.25, -0.2) is 0 Å². The topological polar surface area (TPSA) is 84.4 Å². The van der Waals surface area contributed by atoms with Crippen LogP contribution in [-0.4, -0.2) is 61.1 Å². The van der Waals surface area contributed by atoms with Crippen molar-refractivity contribution in [2.75, 3.05) is 39.4 Å². The van der Waals surface area contributed by atoms with Crippen molar-refractivity contribution in [1.82, 2.24) is 4.90 Å². The highest BCUT2D eigenvalue weighted by atomic mass is 16.5. The Labute approximate surface area is 169 Å². The zero-order chi connectivity index (χ0) is 20.4. The SMILES string of the molecule is Cc1ccc(C(O)=C2C(=O)C(=O)N(CC[NH+]3CCOCC3)[C@H]2c2ccco2)cc1. The minimum Gasteiger partial charge on any atom is -0.507 e. The van der Waals surface area contributed by atoms with E-state index in [9.17, 15) is 14.7 Å². The summed E-state index contributed by atoms with van der Waals surface area (Å²) in [5, 5.41) is 10.9. The fourth-order valence-corrected chi connectivity index (χ4v) is 3.91. The smallest absolute Gasteiger partial charge is 0.295 e. The third-order valence-corrected chi connectivity index (χ3v) is 5.58. The van der Waals surface area contributed by atoms with Gasteiger partial charge in [0.05, 0.1) is 38.1 Å². The van der Waals surface area contributed by atoms with Crippen molar-refractivity contribution in [3.8, 4) is 0 Å². The fourth-order valence-electron chi connectivity index (χ4n) is 3.91. The molecule has 7 nitrogen and oxygen atoms in total. The van der Waals surface area contributed by atoms with Crippen LogP contribution in [0.15, 0.2) is 52.7 Å². The van der Waals surface area contributed by atoms with E-state index in [-0.39, 0.29) is 11.3 Å². The Bertz CT molecular complexity index is 911. The molecule has 0 radical (unpaired) electrons. The molecule has 0 spiro atoms. The van der Waals surface area contributed by atoms with E-state index in [2.05, 4.69) is 0 Å². The number of hydrogen-bond acceptors (Lipinski definition) is 5. The number of amides is 1. The third-order valence-electron chi connectivity index (χ3n) is 5.58. The van der Waals surface area contributed by atoms with Gasteiger partial charge >= 0.3 is 0 Å².